The maximum atomic E-state index is 13.2. The van der Waals surface area contributed by atoms with Gasteiger partial charge in [0.25, 0.3) is 5.91 Å². The van der Waals surface area contributed by atoms with Crippen LogP contribution in [-0.4, -0.2) is 14.8 Å². The fourth-order valence-corrected chi connectivity index (χ4v) is 4.96. The van der Waals surface area contributed by atoms with Gasteiger partial charge < -0.3 is 9.88 Å². The Bertz CT molecular complexity index is 904. The number of nitrogens with zero attached hydrogens (tertiary/aromatic N) is 1. The molecule has 0 spiro atoms. The van der Waals surface area contributed by atoms with Gasteiger partial charge in [0.15, 0.2) is 0 Å². The SMILES string of the molecule is Cn1cc(C(=O)Nc2cccc3c2C2CC3CC2(Cl)Cl)c(C(F)(F)F)c1. The zero-order chi connectivity index (χ0) is 18.9. The van der Waals surface area contributed by atoms with Gasteiger partial charge in [-0.1, -0.05) is 12.1 Å². The van der Waals surface area contributed by atoms with Crippen molar-refractivity contribution in [1.82, 2.24) is 4.57 Å². The number of benzene rings is 1. The number of anilines is 1. The number of nitrogens with one attached hydrogen (secondary N) is 1. The molecule has 1 aromatic heterocycles. The summed E-state index contributed by atoms with van der Waals surface area (Å²) >= 11 is 12.8. The third-order valence-electron chi connectivity index (χ3n) is 5.23. The summed E-state index contributed by atoms with van der Waals surface area (Å²) in [5, 5.41) is 2.64. The molecule has 0 radical (unpaired) electrons. The third-order valence-corrected chi connectivity index (χ3v) is 6.07. The molecule has 2 atom stereocenters. The van der Waals surface area contributed by atoms with E-state index in [1.54, 1.807) is 12.1 Å². The Morgan fingerprint density at radius 2 is 2.04 bits per heavy atom. The highest BCUT2D eigenvalue weighted by Gasteiger charge is 2.53. The Hall–Kier alpha value is -1.66. The van der Waals surface area contributed by atoms with Gasteiger partial charge in [-0.3, -0.25) is 4.79 Å². The van der Waals surface area contributed by atoms with Gasteiger partial charge in [0.05, 0.1) is 11.1 Å². The normalized spacial score (nSPS) is 23.2. The van der Waals surface area contributed by atoms with Gasteiger partial charge >= 0.3 is 6.18 Å². The van der Waals surface area contributed by atoms with Gasteiger partial charge in [-0.15, -0.1) is 23.2 Å². The molecule has 2 aromatic rings. The van der Waals surface area contributed by atoms with Crippen LogP contribution in [0.25, 0.3) is 0 Å². The number of aryl methyl sites for hydroxylation is 1. The summed E-state index contributed by atoms with van der Waals surface area (Å²) in [6, 6.07) is 5.43. The van der Waals surface area contributed by atoms with Crippen LogP contribution in [0.15, 0.2) is 30.6 Å². The quantitative estimate of drug-likeness (QED) is 0.666. The predicted molar refractivity (Wildman–Crippen MR) is 94.0 cm³/mol. The number of rotatable bonds is 2. The van der Waals surface area contributed by atoms with Crippen molar-refractivity contribution >= 4 is 34.8 Å². The molecule has 26 heavy (non-hydrogen) atoms. The zero-order valence-electron chi connectivity index (χ0n) is 13.7. The first kappa shape index (κ1) is 17.7. The van der Waals surface area contributed by atoms with E-state index < -0.39 is 27.5 Å². The Balaban J connectivity index is 1.70. The van der Waals surface area contributed by atoms with Gasteiger partial charge in [0.1, 0.15) is 4.33 Å². The minimum Gasteiger partial charge on any atom is -0.356 e. The topological polar surface area (TPSA) is 34.0 Å². The van der Waals surface area contributed by atoms with Gasteiger partial charge in [0, 0.05) is 31.0 Å². The molecule has 2 aliphatic carbocycles. The maximum absolute atomic E-state index is 13.2. The molecule has 1 fully saturated rings. The van der Waals surface area contributed by atoms with Gasteiger partial charge in [-0.25, -0.2) is 0 Å². The average Bonchev–Trinajstić information content (AvgIpc) is 3.17. The van der Waals surface area contributed by atoms with Crippen molar-refractivity contribution in [2.75, 3.05) is 5.32 Å². The number of hydrogen-bond donors (Lipinski definition) is 1. The fraction of sp³-hybridized carbons (Fsp3) is 0.389. The van der Waals surface area contributed by atoms with E-state index in [-0.39, 0.29) is 11.8 Å². The summed E-state index contributed by atoms with van der Waals surface area (Å²) < 4.78 is 39.8. The van der Waals surface area contributed by atoms with E-state index in [2.05, 4.69) is 5.32 Å². The van der Waals surface area contributed by atoms with E-state index in [0.717, 1.165) is 23.7 Å². The van der Waals surface area contributed by atoms with Crippen molar-refractivity contribution in [2.24, 2.45) is 7.05 Å². The molecular formula is C18H15Cl2F3N2O. The molecule has 2 unspecified atom stereocenters. The molecule has 3 nitrogen and oxygen atoms in total. The molecule has 4 rings (SSSR count). The highest BCUT2D eigenvalue weighted by Crippen LogP contribution is 2.63. The first-order valence-electron chi connectivity index (χ1n) is 8.13. The molecule has 0 aliphatic heterocycles. The Labute approximate surface area is 158 Å². The van der Waals surface area contributed by atoms with E-state index in [9.17, 15) is 18.0 Å². The second kappa shape index (κ2) is 5.67. The van der Waals surface area contributed by atoms with E-state index in [1.807, 2.05) is 6.07 Å². The molecule has 1 aromatic carbocycles. The molecule has 1 heterocycles. The van der Waals surface area contributed by atoms with Crippen LogP contribution in [0, 0.1) is 0 Å². The second-order valence-electron chi connectivity index (χ2n) is 6.96. The minimum atomic E-state index is -4.60. The average molecular weight is 403 g/mol. The van der Waals surface area contributed by atoms with Crippen molar-refractivity contribution in [3.63, 3.8) is 0 Å². The van der Waals surface area contributed by atoms with E-state index in [4.69, 9.17) is 23.2 Å². The van der Waals surface area contributed by atoms with Crippen molar-refractivity contribution in [2.45, 2.75) is 35.2 Å². The zero-order valence-corrected chi connectivity index (χ0v) is 15.2. The number of aromatic nitrogens is 1. The molecule has 1 saturated carbocycles. The van der Waals surface area contributed by atoms with Gasteiger partial charge in [-0.2, -0.15) is 13.2 Å². The third kappa shape index (κ3) is 2.70. The summed E-state index contributed by atoms with van der Waals surface area (Å²) in [7, 11) is 1.44. The lowest BCUT2D eigenvalue weighted by molar-refractivity contribution is -0.137. The van der Waals surface area contributed by atoms with Crippen LogP contribution < -0.4 is 5.32 Å². The number of amides is 1. The monoisotopic (exact) mass is 402 g/mol. The highest BCUT2D eigenvalue weighted by molar-refractivity contribution is 6.49. The first-order chi connectivity index (χ1) is 12.1. The van der Waals surface area contributed by atoms with Crippen molar-refractivity contribution in [3.05, 3.63) is 52.8 Å². The molecule has 1 amide bonds. The fourth-order valence-electron chi connectivity index (χ4n) is 4.19. The molecule has 2 bridgehead atoms. The van der Waals surface area contributed by atoms with Crippen LogP contribution in [-0.2, 0) is 13.2 Å². The molecular weight excluding hydrogens is 388 g/mol. The van der Waals surface area contributed by atoms with Crippen LogP contribution in [0.2, 0.25) is 0 Å². The Kier molecular flexibility index (Phi) is 3.87. The summed E-state index contributed by atoms with van der Waals surface area (Å²) in [5.41, 5.74) is 1.00. The van der Waals surface area contributed by atoms with Crippen molar-refractivity contribution in [1.29, 1.82) is 0 Å². The summed E-state index contributed by atoms with van der Waals surface area (Å²) in [6.45, 7) is 0. The van der Waals surface area contributed by atoms with Crippen LogP contribution in [0.4, 0.5) is 18.9 Å². The molecule has 8 heteroatoms. The molecule has 2 aliphatic rings. The minimum absolute atomic E-state index is 0.139. The summed E-state index contributed by atoms with van der Waals surface area (Å²) in [4.78, 5) is 12.6. The number of hydrogen-bond acceptors (Lipinski definition) is 1. The van der Waals surface area contributed by atoms with Crippen molar-refractivity contribution in [3.8, 4) is 0 Å². The largest absolute Gasteiger partial charge is 0.418 e. The first-order valence-corrected chi connectivity index (χ1v) is 8.88. The lowest BCUT2D eigenvalue weighted by atomic mass is 9.89. The number of carbonyl (C=O) groups is 1. The standard InChI is InChI=1S/C18H15Cl2F3N2O/c1-25-7-11(13(8-25)18(21,22)23)16(26)24-14-4-2-3-10-9-5-12(15(10)14)17(19,20)6-9/h2-4,7-9,12H,5-6H2,1H3,(H,24,26). The lowest BCUT2D eigenvalue weighted by Gasteiger charge is -2.28. The number of alkyl halides is 5. The second-order valence-corrected chi connectivity index (χ2v) is 8.50. The van der Waals surface area contributed by atoms with E-state index >= 15 is 0 Å². The van der Waals surface area contributed by atoms with Crippen LogP contribution >= 0.6 is 23.2 Å². The van der Waals surface area contributed by atoms with E-state index in [1.165, 1.54) is 17.8 Å². The van der Waals surface area contributed by atoms with Gasteiger partial charge in [0.2, 0.25) is 0 Å². The van der Waals surface area contributed by atoms with Crippen LogP contribution in [0.5, 0.6) is 0 Å². The molecule has 1 N–H and O–H groups in total. The number of halogens is 5. The number of fused-ring (bicyclic) bond motifs is 5. The van der Waals surface area contributed by atoms with Crippen LogP contribution in [0.1, 0.15) is 51.7 Å². The predicted octanol–water partition coefficient (Wildman–Crippen LogP) is 5.44. The summed E-state index contributed by atoms with van der Waals surface area (Å²) in [6.07, 6.45) is -1.11. The highest BCUT2D eigenvalue weighted by atomic mass is 35.5. The molecule has 138 valence electrons. The maximum Gasteiger partial charge on any atom is 0.418 e. The smallest absolute Gasteiger partial charge is 0.356 e. The van der Waals surface area contributed by atoms with Crippen molar-refractivity contribution < 1.29 is 18.0 Å². The molecule has 0 saturated heterocycles. The van der Waals surface area contributed by atoms with Gasteiger partial charge in [-0.05, 0) is 36.0 Å². The van der Waals surface area contributed by atoms with Crippen LogP contribution in [0.3, 0.4) is 0 Å². The Morgan fingerprint density at radius 1 is 1.31 bits per heavy atom. The lowest BCUT2D eigenvalue weighted by Crippen LogP contribution is -2.23. The van der Waals surface area contributed by atoms with E-state index in [0.29, 0.717) is 12.1 Å². The number of carbonyl (C=O) groups excluding carboxylic acids is 1. The Morgan fingerprint density at radius 3 is 2.73 bits per heavy atom. The summed E-state index contributed by atoms with van der Waals surface area (Å²) in [5.74, 6) is -0.728.